The summed E-state index contributed by atoms with van der Waals surface area (Å²) in [6.07, 6.45) is 0.438. The Balaban J connectivity index is 2.01. The maximum atomic E-state index is 11.4. The Morgan fingerprint density at radius 2 is 2.57 bits per heavy atom. The van der Waals surface area contributed by atoms with Crippen molar-refractivity contribution in [2.45, 2.75) is 25.9 Å². The van der Waals surface area contributed by atoms with Crippen LogP contribution in [0.2, 0.25) is 0 Å². The smallest absolute Gasteiger partial charge is 0.224 e. The largest absolute Gasteiger partial charge is 0.359 e. The highest BCUT2D eigenvalue weighted by atomic mass is 16.5. The molecule has 2 rings (SSSR count). The highest BCUT2D eigenvalue weighted by Gasteiger charge is 2.27. The average molecular weight is 195 g/mol. The maximum absolute atomic E-state index is 11.4. The Bertz CT molecular complexity index is 348. The number of nitrogens with two attached hydrogens (primary N) is 1. The van der Waals surface area contributed by atoms with Crippen molar-refractivity contribution in [1.29, 1.82) is 0 Å². The van der Waals surface area contributed by atoms with E-state index in [1.165, 1.54) is 0 Å². The SMILES string of the molecule is Cc1cc(CN2CC(N)CC2=O)on1. The van der Waals surface area contributed by atoms with Crippen molar-refractivity contribution in [3.63, 3.8) is 0 Å². The minimum Gasteiger partial charge on any atom is -0.359 e. The van der Waals surface area contributed by atoms with E-state index in [9.17, 15) is 4.79 Å². The molecule has 2 heterocycles. The molecule has 1 amide bonds. The number of carbonyl (C=O) groups is 1. The molecule has 1 unspecified atom stereocenters. The quantitative estimate of drug-likeness (QED) is 0.723. The van der Waals surface area contributed by atoms with Crippen LogP contribution in [0.15, 0.2) is 10.6 Å². The number of nitrogens with zero attached hydrogens (tertiary/aromatic N) is 2. The number of amides is 1. The highest BCUT2D eigenvalue weighted by molar-refractivity contribution is 5.79. The number of aryl methyl sites for hydroxylation is 1. The number of hydrogen-bond donors (Lipinski definition) is 1. The van der Waals surface area contributed by atoms with E-state index >= 15 is 0 Å². The van der Waals surface area contributed by atoms with Crippen molar-refractivity contribution in [2.75, 3.05) is 6.54 Å². The van der Waals surface area contributed by atoms with Crippen LogP contribution in [0.25, 0.3) is 0 Å². The lowest BCUT2D eigenvalue weighted by molar-refractivity contribution is -0.128. The zero-order valence-corrected chi connectivity index (χ0v) is 8.06. The van der Waals surface area contributed by atoms with Gasteiger partial charge in [-0.3, -0.25) is 4.79 Å². The Kier molecular flexibility index (Phi) is 2.25. The van der Waals surface area contributed by atoms with E-state index in [4.69, 9.17) is 10.3 Å². The predicted octanol–water partition coefficient (Wildman–Crippen LogP) is 0.0426. The topological polar surface area (TPSA) is 72.4 Å². The van der Waals surface area contributed by atoms with Gasteiger partial charge in [0, 0.05) is 25.1 Å². The molecule has 1 aromatic heterocycles. The van der Waals surface area contributed by atoms with E-state index < -0.39 is 0 Å². The van der Waals surface area contributed by atoms with Crippen molar-refractivity contribution in [1.82, 2.24) is 10.1 Å². The number of aromatic nitrogens is 1. The fraction of sp³-hybridized carbons (Fsp3) is 0.556. The first-order valence-electron chi connectivity index (χ1n) is 4.60. The third-order valence-electron chi connectivity index (χ3n) is 2.27. The number of carbonyl (C=O) groups excluding carboxylic acids is 1. The Morgan fingerprint density at radius 3 is 3.07 bits per heavy atom. The van der Waals surface area contributed by atoms with Crippen LogP contribution in [-0.2, 0) is 11.3 Å². The van der Waals surface area contributed by atoms with Crippen LogP contribution in [0.4, 0.5) is 0 Å². The second-order valence-corrected chi connectivity index (χ2v) is 3.67. The standard InChI is InChI=1S/C9H13N3O2/c1-6-2-8(14-11-6)5-12-4-7(10)3-9(12)13/h2,7H,3-5,10H2,1H3. The first-order chi connectivity index (χ1) is 6.65. The molecule has 0 saturated carbocycles. The first kappa shape index (κ1) is 9.21. The summed E-state index contributed by atoms with van der Waals surface area (Å²) in [5.74, 6) is 0.802. The molecule has 76 valence electrons. The van der Waals surface area contributed by atoms with Gasteiger partial charge in [0.15, 0.2) is 5.76 Å². The molecule has 0 aromatic carbocycles. The van der Waals surface area contributed by atoms with E-state index in [0.29, 0.717) is 25.3 Å². The molecule has 5 nitrogen and oxygen atoms in total. The van der Waals surface area contributed by atoms with Crippen LogP contribution in [0.3, 0.4) is 0 Å². The second-order valence-electron chi connectivity index (χ2n) is 3.67. The summed E-state index contributed by atoms with van der Waals surface area (Å²) in [4.78, 5) is 13.1. The van der Waals surface area contributed by atoms with Gasteiger partial charge in [0.2, 0.25) is 5.91 Å². The normalized spacial score (nSPS) is 22.0. The molecule has 14 heavy (non-hydrogen) atoms. The van der Waals surface area contributed by atoms with Gasteiger partial charge in [-0.2, -0.15) is 0 Å². The Labute approximate surface area is 81.8 Å². The van der Waals surface area contributed by atoms with Gasteiger partial charge in [0.1, 0.15) is 0 Å². The fourth-order valence-corrected chi connectivity index (χ4v) is 1.63. The van der Waals surface area contributed by atoms with E-state index in [1.807, 2.05) is 13.0 Å². The van der Waals surface area contributed by atoms with Gasteiger partial charge in [-0.15, -0.1) is 0 Å². The third-order valence-corrected chi connectivity index (χ3v) is 2.27. The summed E-state index contributed by atoms with van der Waals surface area (Å²) in [7, 11) is 0. The van der Waals surface area contributed by atoms with E-state index in [-0.39, 0.29) is 11.9 Å². The molecule has 1 saturated heterocycles. The molecule has 1 atom stereocenters. The van der Waals surface area contributed by atoms with Gasteiger partial charge >= 0.3 is 0 Å². The summed E-state index contributed by atoms with van der Waals surface area (Å²) >= 11 is 0. The van der Waals surface area contributed by atoms with Gasteiger partial charge in [0.25, 0.3) is 0 Å². The number of likely N-dealkylation sites (tertiary alicyclic amines) is 1. The van der Waals surface area contributed by atoms with Crippen LogP contribution in [0.5, 0.6) is 0 Å². The molecule has 2 N–H and O–H groups in total. The van der Waals surface area contributed by atoms with Crippen molar-refractivity contribution < 1.29 is 9.32 Å². The van der Waals surface area contributed by atoms with E-state index in [1.54, 1.807) is 4.90 Å². The highest BCUT2D eigenvalue weighted by Crippen LogP contribution is 2.14. The predicted molar refractivity (Wildman–Crippen MR) is 49.2 cm³/mol. The van der Waals surface area contributed by atoms with Gasteiger partial charge in [0.05, 0.1) is 12.2 Å². The summed E-state index contributed by atoms with van der Waals surface area (Å²) in [5, 5.41) is 3.76. The zero-order valence-electron chi connectivity index (χ0n) is 8.06. The molecule has 1 fully saturated rings. The van der Waals surface area contributed by atoms with Crippen molar-refractivity contribution in [3.8, 4) is 0 Å². The molecule has 0 spiro atoms. The van der Waals surface area contributed by atoms with E-state index in [2.05, 4.69) is 5.16 Å². The molecular weight excluding hydrogens is 182 g/mol. The summed E-state index contributed by atoms with van der Waals surface area (Å²) in [5.41, 5.74) is 6.50. The minimum absolute atomic E-state index is 0.0356. The maximum Gasteiger partial charge on any atom is 0.224 e. The van der Waals surface area contributed by atoms with Gasteiger partial charge in [-0.1, -0.05) is 5.16 Å². The molecular formula is C9H13N3O2. The van der Waals surface area contributed by atoms with Gasteiger partial charge in [-0.25, -0.2) is 0 Å². The molecule has 0 radical (unpaired) electrons. The number of rotatable bonds is 2. The van der Waals surface area contributed by atoms with Crippen molar-refractivity contribution in [3.05, 3.63) is 17.5 Å². The molecule has 0 aliphatic carbocycles. The monoisotopic (exact) mass is 195 g/mol. The summed E-state index contributed by atoms with van der Waals surface area (Å²) in [6.45, 7) is 2.94. The Morgan fingerprint density at radius 1 is 1.79 bits per heavy atom. The Hall–Kier alpha value is -1.36. The lowest BCUT2D eigenvalue weighted by Crippen LogP contribution is -2.27. The molecule has 1 aliphatic heterocycles. The zero-order chi connectivity index (χ0) is 10.1. The van der Waals surface area contributed by atoms with Crippen LogP contribution >= 0.6 is 0 Å². The molecule has 1 aromatic rings. The van der Waals surface area contributed by atoms with Crippen molar-refractivity contribution >= 4 is 5.91 Å². The summed E-state index contributed by atoms with van der Waals surface area (Å²) in [6, 6.07) is 1.79. The van der Waals surface area contributed by atoms with Crippen LogP contribution in [0.1, 0.15) is 17.9 Å². The van der Waals surface area contributed by atoms with Gasteiger partial charge < -0.3 is 15.2 Å². The second kappa shape index (κ2) is 3.42. The molecule has 5 heteroatoms. The summed E-state index contributed by atoms with van der Waals surface area (Å²) < 4.78 is 5.03. The first-order valence-corrected chi connectivity index (χ1v) is 4.60. The minimum atomic E-state index is -0.0356. The van der Waals surface area contributed by atoms with Crippen LogP contribution in [-0.4, -0.2) is 28.6 Å². The van der Waals surface area contributed by atoms with Crippen LogP contribution < -0.4 is 5.73 Å². The number of hydrogen-bond acceptors (Lipinski definition) is 4. The fourth-order valence-electron chi connectivity index (χ4n) is 1.63. The lowest BCUT2D eigenvalue weighted by Gasteiger charge is -2.12. The average Bonchev–Trinajstić information content (AvgIpc) is 2.61. The van der Waals surface area contributed by atoms with Crippen LogP contribution in [0, 0.1) is 6.92 Å². The molecule has 1 aliphatic rings. The molecule has 0 bridgehead atoms. The lowest BCUT2D eigenvalue weighted by atomic mass is 10.3. The third kappa shape index (κ3) is 1.77. The van der Waals surface area contributed by atoms with E-state index in [0.717, 1.165) is 5.69 Å². The van der Waals surface area contributed by atoms with Crippen molar-refractivity contribution in [2.24, 2.45) is 5.73 Å². The van der Waals surface area contributed by atoms with Gasteiger partial charge in [-0.05, 0) is 6.92 Å².